The molecule has 0 aliphatic carbocycles. The smallest absolute Gasteiger partial charge is 0.266 e. The minimum atomic E-state index is -4.15. The molecule has 9 heteroatoms. The van der Waals surface area contributed by atoms with E-state index in [1.165, 1.54) is 4.90 Å². The number of hydrogen-bond donors (Lipinski definition) is 1. The lowest BCUT2D eigenvalue weighted by Gasteiger charge is -2.13. The Kier molecular flexibility index (Phi) is 5.45. The summed E-state index contributed by atoms with van der Waals surface area (Å²) in [7, 11) is -2.58. The van der Waals surface area contributed by atoms with Gasteiger partial charge in [-0.05, 0) is 30.2 Å². The molecule has 1 aliphatic rings. The quantitative estimate of drug-likeness (QED) is 0.481. The van der Waals surface area contributed by atoms with Crippen molar-refractivity contribution in [2.75, 3.05) is 19.4 Å². The van der Waals surface area contributed by atoms with Crippen LogP contribution >= 0.6 is 24.0 Å². The molecule has 124 valence electrons. The zero-order chi connectivity index (χ0) is 17.2. The van der Waals surface area contributed by atoms with Gasteiger partial charge in [0.1, 0.15) is 10.1 Å². The van der Waals surface area contributed by atoms with Crippen LogP contribution in [0.15, 0.2) is 29.2 Å². The van der Waals surface area contributed by atoms with Crippen LogP contribution in [-0.2, 0) is 14.9 Å². The summed E-state index contributed by atoms with van der Waals surface area (Å²) in [6.45, 7) is 1.64. The Morgan fingerprint density at radius 3 is 2.48 bits per heavy atom. The Hall–Kier alpha value is -1.42. The third-order valence-electron chi connectivity index (χ3n) is 3.29. The maximum absolute atomic E-state index is 12.4. The van der Waals surface area contributed by atoms with E-state index in [1.54, 1.807) is 26.2 Å². The lowest BCUT2D eigenvalue weighted by Crippen LogP contribution is -2.32. The van der Waals surface area contributed by atoms with Gasteiger partial charge in [-0.1, -0.05) is 36.1 Å². The Labute approximate surface area is 144 Å². The van der Waals surface area contributed by atoms with Gasteiger partial charge >= 0.3 is 0 Å². The molecule has 1 amide bonds. The van der Waals surface area contributed by atoms with E-state index in [0.29, 0.717) is 10.7 Å². The number of hydrogen-bond acceptors (Lipinski definition) is 6. The van der Waals surface area contributed by atoms with Crippen molar-refractivity contribution in [3.63, 3.8) is 0 Å². The zero-order valence-corrected chi connectivity index (χ0v) is 14.9. The van der Waals surface area contributed by atoms with Crippen molar-refractivity contribution in [3.05, 3.63) is 34.7 Å². The second-order valence-electron chi connectivity index (χ2n) is 4.79. The molecule has 1 heterocycles. The molecule has 0 atom stereocenters. The van der Waals surface area contributed by atoms with E-state index in [1.807, 2.05) is 12.1 Å². The molecular formula is C14H15NO5S3. The van der Waals surface area contributed by atoms with Gasteiger partial charge in [0, 0.05) is 6.54 Å². The van der Waals surface area contributed by atoms with Crippen LogP contribution in [0, 0.1) is 0 Å². The topological polar surface area (TPSA) is 83.9 Å². The number of allylic oxidation sites excluding steroid dienone is 1. The van der Waals surface area contributed by atoms with E-state index in [2.05, 4.69) is 0 Å². The molecule has 1 aromatic carbocycles. The summed E-state index contributed by atoms with van der Waals surface area (Å²) in [5.74, 6) is -0.187. The number of rotatable bonds is 5. The number of carbonyl (C=O) groups is 1. The summed E-state index contributed by atoms with van der Waals surface area (Å²) in [5, 5.41) is 0. The second kappa shape index (κ2) is 7.00. The predicted molar refractivity (Wildman–Crippen MR) is 93.9 cm³/mol. The molecule has 0 spiro atoms. The number of ether oxygens (including phenoxy) is 1. The van der Waals surface area contributed by atoms with Crippen molar-refractivity contribution in [2.24, 2.45) is 0 Å². The first-order valence-corrected chi connectivity index (χ1v) is 9.40. The van der Waals surface area contributed by atoms with E-state index in [-0.39, 0.29) is 16.8 Å². The van der Waals surface area contributed by atoms with Crippen LogP contribution < -0.4 is 4.74 Å². The fraction of sp³-hybridized carbons (Fsp3) is 0.286. The van der Waals surface area contributed by atoms with E-state index < -0.39 is 15.9 Å². The van der Waals surface area contributed by atoms with Gasteiger partial charge < -0.3 is 4.74 Å². The summed E-state index contributed by atoms with van der Waals surface area (Å²) in [6.07, 6.45) is 0. The number of nitrogens with zero attached hydrogens (tertiary/aromatic N) is 1. The third-order valence-corrected chi connectivity index (χ3v) is 5.53. The number of thiocarbonyl (C=S) groups is 1. The van der Waals surface area contributed by atoms with Gasteiger partial charge in [-0.2, -0.15) is 8.42 Å². The van der Waals surface area contributed by atoms with E-state index in [0.717, 1.165) is 22.9 Å². The van der Waals surface area contributed by atoms with Crippen molar-refractivity contribution in [2.45, 2.75) is 6.92 Å². The van der Waals surface area contributed by atoms with Gasteiger partial charge in [0.25, 0.3) is 16.0 Å². The first kappa shape index (κ1) is 17.9. The van der Waals surface area contributed by atoms with Crippen molar-refractivity contribution >= 4 is 49.9 Å². The van der Waals surface area contributed by atoms with Gasteiger partial charge in [0.2, 0.25) is 0 Å². The minimum Gasteiger partial charge on any atom is -0.497 e. The fourth-order valence-corrected chi connectivity index (χ4v) is 3.77. The molecule has 1 N–H and O–H groups in total. The van der Waals surface area contributed by atoms with E-state index in [4.69, 9.17) is 21.5 Å². The van der Waals surface area contributed by atoms with Crippen LogP contribution in [0.3, 0.4) is 0 Å². The number of thioether (sulfide) groups is 1. The summed E-state index contributed by atoms with van der Waals surface area (Å²) in [6, 6.07) is 7.24. The highest BCUT2D eigenvalue weighted by molar-refractivity contribution is 8.26. The van der Waals surface area contributed by atoms with Crippen LogP contribution in [0.25, 0.3) is 5.57 Å². The molecule has 1 saturated heterocycles. The van der Waals surface area contributed by atoms with Gasteiger partial charge in [0.05, 0.1) is 17.8 Å². The first-order valence-electron chi connectivity index (χ1n) is 6.57. The molecular weight excluding hydrogens is 358 g/mol. The van der Waals surface area contributed by atoms with Gasteiger partial charge in [-0.25, -0.2) is 0 Å². The molecule has 0 radical (unpaired) electrons. The minimum absolute atomic E-state index is 0.164. The summed E-state index contributed by atoms with van der Waals surface area (Å²) in [4.78, 5) is 14.1. The third kappa shape index (κ3) is 4.31. The van der Waals surface area contributed by atoms with Crippen molar-refractivity contribution in [3.8, 4) is 5.75 Å². The monoisotopic (exact) mass is 373 g/mol. The van der Waals surface area contributed by atoms with Crippen LogP contribution in [0.2, 0.25) is 0 Å². The number of methoxy groups -OCH3 is 1. The van der Waals surface area contributed by atoms with Crippen LogP contribution in [-0.4, -0.2) is 47.5 Å². The average molecular weight is 373 g/mol. The maximum Gasteiger partial charge on any atom is 0.266 e. The molecule has 6 nitrogen and oxygen atoms in total. The number of carbonyl (C=O) groups excluding carboxylic acids is 1. The molecule has 1 fully saturated rings. The molecule has 2 rings (SSSR count). The normalized spacial score (nSPS) is 17.6. The first-order chi connectivity index (χ1) is 10.7. The predicted octanol–water partition coefficient (Wildman–Crippen LogP) is 2.17. The molecule has 1 aromatic rings. The SMILES string of the molecule is COc1ccc(C(C)=C2SC(=S)N(CCS(=O)(=O)O)C2=O)cc1. The Bertz CT molecular complexity index is 768. The summed E-state index contributed by atoms with van der Waals surface area (Å²) >= 11 is 6.25. The fourth-order valence-electron chi connectivity index (χ4n) is 2.00. The molecule has 0 saturated carbocycles. The molecule has 0 bridgehead atoms. The van der Waals surface area contributed by atoms with Crippen molar-refractivity contribution < 1.29 is 22.5 Å². The van der Waals surface area contributed by atoms with Crippen LogP contribution in [0.4, 0.5) is 0 Å². The van der Waals surface area contributed by atoms with E-state index in [9.17, 15) is 13.2 Å². The number of amides is 1. The number of benzene rings is 1. The standard InChI is InChI=1S/C14H15NO5S3/c1-9(10-3-5-11(20-2)6-4-10)12-13(16)15(14(21)22-12)7-8-23(17,18)19/h3-6H,7-8H2,1-2H3,(H,17,18,19). The van der Waals surface area contributed by atoms with Gasteiger partial charge in [-0.15, -0.1) is 0 Å². The Morgan fingerprint density at radius 1 is 1.35 bits per heavy atom. The largest absolute Gasteiger partial charge is 0.497 e. The molecule has 1 aliphatic heterocycles. The summed E-state index contributed by atoms with van der Waals surface area (Å²) < 4.78 is 35.9. The highest BCUT2D eigenvalue weighted by Gasteiger charge is 2.34. The lowest BCUT2D eigenvalue weighted by molar-refractivity contribution is -0.121. The molecule has 0 aromatic heterocycles. The zero-order valence-electron chi connectivity index (χ0n) is 12.5. The van der Waals surface area contributed by atoms with Gasteiger partial charge in [-0.3, -0.25) is 14.2 Å². The summed E-state index contributed by atoms with van der Waals surface area (Å²) in [5.41, 5.74) is 1.60. The van der Waals surface area contributed by atoms with Crippen molar-refractivity contribution in [1.29, 1.82) is 0 Å². The van der Waals surface area contributed by atoms with Gasteiger partial charge in [0.15, 0.2) is 0 Å². The highest BCUT2D eigenvalue weighted by atomic mass is 32.2. The lowest BCUT2D eigenvalue weighted by atomic mass is 10.1. The van der Waals surface area contributed by atoms with Crippen molar-refractivity contribution in [1.82, 2.24) is 4.90 Å². The molecule has 23 heavy (non-hydrogen) atoms. The average Bonchev–Trinajstić information content (AvgIpc) is 2.78. The maximum atomic E-state index is 12.4. The molecule has 0 unspecified atom stereocenters. The van der Waals surface area contributed by atoms with E-state index >= 15 is 0 Å². The van der Waals surface area contributed by atoms with Crippen LogP contribution in [0.1, 0.15) is 12.5 Å². The Balaban J connectivity index is 2.25. The Morgan fingerprint density at radius 2 is 1.96 bits per heavy atom. The second-order valence-corrected chi connectivity index (χ2v) is 8.01. The highest BCUT2D eigenvalue weighted by Crippen LogP contribution is 2.36. The van der Waals surface area contributed by atoms with Crippen LogP contribution in [0.5, 0.6) is 5.75 Å².